The summed E-state index contributed by atoms with van der Waals surface area (Å²) in [5, 5.41) is 12.0. The molecule has 0 spiro atoms. The van der Waals surface area contributed by atoms with Gasteiger partial charge in [-0.15, -0.1) is 0 Å². The van der Waals surface area contributed by atoms with Gasteiger partial charge in [0.15, 0.2) is 0 Å². The zero-order valence-electron chi connectivity index (χ0n) is 3.42. The zero-order chi connectivity index (χ0) is 7.15. The Balaban J connectivity index is -0.000000109. The van der Waals surface area contributed by atoms with Gasteiger partial charge in [-0.25, -0.2) is 8.42 Å². The molecule has 0 radical (unpaired) electrons. The first kappa shape index (κ1) is 16.6. The Hall–Kier alpha value is 1.14. The maximum atomic E-state index is 9.26. The van der Waals surface area contributed by atoms with Crippen LogP contribution >= 0.6 is 0 Å². The Labute approximate surface area is 77.5 Å². The van der Waals surface area contributed by atoms with E-state index in [1.165, 1.54) is 0 Å². The fourth-order valence-electron chi connectivity index (χ4n) is 0. The Kier molecular flexibility index (Phi) is 21.9. The van der Waals surface area contributed by atoms with Gasteiger partial charge in [0.05, 0.1) is 0 Å². The Bertz CT molecular complexity index is 77.1. The van der Waals surface area contributed by atoms with E-state index in [0.717, 1.165) is 0 Å². The third-order valence-electron chi connectivity index (χ3n) is 0.122. The summed E-state index contributed by atoms with van der Waals surface area (Å²) in [6, 6.07) is 0. The fourth-order valence-corrected chi connectivity index (χ4v) is 0. The summed E-state index contributed by atoms with van der Waals surface area (Å²) in [6.45, 7) is 0. The van der Waals surface area contributed by atoms with Gasteiger partial charge in [0, 0.05) is 0 Å². The van der Waals surface area contributed by atoms with Crippen molar-refractivity contribution >= 4 is 49.8 Å². The van der Waals surface area contributed by atoms with Crippen molar-refractivity contribution in [2.45, 2.75) is 0 Å². The molecule has 9 heteroatoms. The summed E-state index contributed by atoms with van der Waals surface area (Å²) in [7, 11) is -5.18. The second-order valence-corrected chi connectivity index (χ2v) is 3.01. The number of hydrogen-bond acceptors (Lipinski definition) is 4. The minimum atomic E-state index is -2.59. The average molecular weight is 188 g/mol. The summed E-state index contributed by atoms with van der Waals surface area (Å²) < 4.78 is 33.6. The molecule has 0 bridgehead atoms. The van der Waals surface area contributed by atoms with Crippen molar-refractivity contribution in [3.8, 4) is 0 Å². The van der Waals surface area contributed by atoms with Crippen LogP contribution in [0.3, 0.4) is 0 Å². The van der Waals surface area contributed by atoms with Gasteiger partial charge in [0.2, 0.25) is 0 Å². The van der Waals surface area contributed by atoms with Crippen LogP contribution < -0.4 is 0 Å². The van der Waals surface area contributed by atoms with Gasteiger partial charge < -0.3 is 0 Å². The van der Waals surface area contributed by atoms with Crippen LogP contribution in [0.4, 0.5) is 0 Å². The van der Waals surface area contributed by atoms with Crippen LogP contribution in [-0.4, -0.2) is 57.6 Å². The molecule has 0 amide bonds. The zero-order valence-corrected chi connectivity index (χ0v) is 5.05. The van der Waals surface area contributed by atoms with E-state index in [1.807, 2.05) is 0 Å². The van der Waals surface area contributed by atoms with E-state index >= 15 is 0 Å². The number of hydrogen-bond donors (Lipinski definition) is 4. The first-order chi connectivity index (χ1) is 3.64. The fraction of sp³-hybridized carbons (Fsp3) is 0. The van der Waals surface area contributed by atoms with Gasteiger partial charge in [0.1, 0.15) is 0 Å². The Morgan fingerprint density at radius 1 is 0.889 bits per heavy atom. The summed E-state index contributed by atoms with van der Waals surface area (Å²) in [5.74, 6) is 0. The van der Waals surface area contributed by atoms with E-state index < -0.39 is 20.2 Å². The van der Waals surface area contributed by atoms with Crippen molar-refractivity contribution < 1.29 is 28.0 Å². The molecule has 0 aromatic heterocycles. The molecular weight excluding hydrogens is 183 g/mol. The van der Waals surface area contributed by atoms with E-state index in [4.69, 9.17) is 19.6 Å². The molecule has 0 fully saturated rings. The normalized spacial score (nSPS) is 13.8. The monoisotopic (exact) mass is 188 g/mol. The van der Waals surface area contributed by atoms with Crippen LogP contribution in [0, 0.1) is 0 Å². The quantitative estimate of drug-likeness (QED) is 0.134. The topological polar surface area (TPSA) is 115 Å². The number of rotatable bonds is 1. The SMILES string of the molecule is O=S(O)S(=O)O.OO.[NaH]. The molecule has 0 aliphatic rings. The van der Waals surface area contributed by atoms with Crippen molar-refractivity contribution in [1.82, 2.24) is 0 Å². The predicted octanol–water partition coefficient (Wildman–Crippen LogP) is -1.29. The van der Waals surface area contributed by atoms with Crippen molar-refractivity contribution in [2.24, 2.45) is 0 Å². The third kappa shape index (κ3) is 17.6. The van der Waals surface area contributed by atoms with Gasteiger partial charge in [-0.1, -0.05) is 0 Å². The molecule has 9 heavy (non-hydrogen) atoms. The molecule has 0 aliphatic carbocycles. The molecule has 0 aromatic rings. The van der Waals surface area contributed by atoms with E-state index in [2.05, 4.69) is 0 Å². The van der Waals surface area contributed by atoms with Crippen LogP contribution in [0.15, 0.2) is 0 Å². The predicted molar refractivity (Wildman–Crippen MR) is 33.9 cm³/mol. The molecule has 4 N–H and O–H groups in total. The molecular formula is H5NaO6S2. The summed E-state index contributed by atoms with van der Waals surface area (Å²) >= 11 is 0. The minimum absolute atomic E-state index is 0. The molecule has 0 aromatic carbocycles. The Morgan fingerprint density at radius 3 is 1.00 bits per heavy atom. The molecule has 0 saturated heterocycles. The first-order valence-electron chi connectivity index (χ1n) is 1.07. The van der Waals surface area contributed by atoms with Crippen molar-refractivity contribution in [2.75, 3.05) is 0 Å². The summed E-state index contributed by atoms with van der Waals surface area (Å²) in [6.07, 6.45) is 0. The van der Waals surface area contributed by atoms with Gasteiger partial charge in [-0.3, -0.25) is 19.6 Å². The van der Waals surface area contributed by atoms with Crippen molar-refractivity contribution in [3.05, 3.63) is 0 Å². The molecule has 0 saturated carbocycles. The van der Waals surface area contributed by atoms with E-state index in [-0.39, 0.29) is 29.6 Å². The Morgan fingerprint density at radius 2 is 1.00 bits per heavy atom. The third-order valence-corrected chi connectivity index (χ3v) is 1.10. The van der Waals surface area contributed by atoms with Crippen molar-refractivity contribution in [1.29, 1.82) is 0 Å². The van der Waals surface area contributed by atoms with Gasteiger partial charge in [-0.2, -0.15) is 0 Å². The molecule has 2 unspecified atom stereocenters. The maximum absolute atomic E-state index is 9.26. The molecule has 2 atom stereocenters. The van der Waals surface area contributed by atoms with Crippen LogP contribution in [0.5, 0.6) is 0 Å². The van der Waals surface area contributed by atoms with Gasteiger partial charge in [-0.05, 0) is 0 Å². The van der Waals surface area contributed by atoms with Crippen LogP contribution in [0.25, 0.3) is 0 Å². The summed E-state index contributed by atoms with van der Waals surface area (Å²) in [4.78, 5) is 0. The second-order valence-electron chi connectivity index (χ2n) is 0.434. The molecule has 0 aliphatic heterocycles. The van der Waals surface area contributed by atoms with Crippen LogP contribution in [0.2, 0.25) is 0 Å². The van der Waals surface area contributed by atoms with Crippen molar-refractivity contribution in [3.63, 3.8) is 0 Å². The molecule has 0 rings (SSSR count). The average Bonchev–Trinajstić information content (AvgIpc) is 1.72. The molecule has 54 valence electrons. The molecule has 6 nitrogen and oxygen atoms in total. The van der Waals surface area contributed by atoms with Gasteiger partial charge in [0.25, 0.3) is 20.2 Å². The molecule has 0 heterocycles. The second kappa shape index (κ2) is 11.9. The first-order valence-corrected chi connectivity index (χ1v) is 3.80. The summed E-state index contributed by atoms with van der Waals surface area (Å²) in [5.41, 5.74) is 0. The standard InChI is InChI=1S/Na.H2O4S2.H2O2.H/c;1-5(2)6(3)4;1-2;/h;(H,1,2)(H,3,4);1-2H;. The van der Waals surface area contributed by atoms with E-state index in [9.17, 15) is 8.42 Å². The van der Waals surface area contributed by atoms with Crippen LogP contribution in [-0.2, 0) is 20.2 Å². The van der Waals surface area contributed by atoms with E-state index in [0.29, 0.717) is 0 Å². The van der Waals surface area contributed by atoms with Crippen LogP contribution in [0.1, 0.15) is 0 Å². The van der Waals surface area contributed by atoms with Gasteiger partial charge >= 0.3 is 29.6 Å². The van der Waals surface area contributed by atoms with E-state index in [1.54, 1.807) is 0 Å².